The molecule has 0 spiro atoms. The number of hydrogen-bond acceptors (Lipinski definition) is 5. The van der Waals surface area contributed by atoms with Gasteiger partial charge in [-0.2, -0.15) is 0 Å². The van der Waals surface area contributed by atoms with Crippen molar-refractivity contribution < 1.29 is 4.42 Å². The zero-order chi connectivity index (χ0) is 37.0. The lowest BCUT2D eigenvalue weighted by Gasteiger charge is -2.12. The number of pyridine rings is 1. The molecule has 0 aliphatic rings. The fraction of sp³-hybridized carbons (Fsp3) is 0. The predicted molar refractivity (Wildman–Crippen MR) is 233 cm³/mol. The van der Waals surface area contributed by atoms with Crippen molar-refractivity contribution in [3.8, 4) is 67.3 Å². The molecule has 0 bridgehead atoms. The zero-order valence-corrected chi connectivity index (χ0v) is 30.9. The third-order valence-corrected chi connectivity index (χ3v) is 11.8. The quantitative estimate of drug-likeness (QED) is 0.171. The van der Waals surface area contributed by atoms with Crippen LogP contribution >= 0.6 is 11.3 Å². The molecule has 56 heavy (non-hydrogen) atoms. The minimum Gasteiger partial charge on any atom is -0.455 e. The summed E-state index contributed by atoms with van der Waals surface area (Å²) in [6, 6.07) is 61.7. The van der Waals surface area contributed by atoms with Crippen LogP contribution in [0.25, 0.3) is 109 Å². The average molecular weight is 734 g/mol. The first-order valence-corrected chi connectivity index (χ1v) is 19.5. The highest BCUT2D eigenvalue weighted by Crippen LogP contribution is 2.46. The molecular weight excluding hydrogens is 703 g/mol. The van der Waals surface area contributed by atoms with Crippen LogP contribution in [0.2, 0.25) is 0 Å². The Hall–Kier alpha value is -7.21. The van der Waals surface area contributed by atoms with Crippen LogP contribution in [0.3, 0.4) is 0 Å². The molecule has 0 aliphatic carbocycles. The van der Waals surface area contributed by atoms with Crippen molar-refractivity contribution >= 4 is 53.4 Å². The van der Waals surface area contributed by atoms with E-state index in [1.807, 2.05) is 47.9 Å². The molecule has 0 saturated carbocycles. The summed E-state index contributed by atoms with van der Waals surface area (Å²) < 4.78 is 9.32. The summed E-state index contributed by atoms with van der Waals surface area (Å²) in [5.74, 6) is 0.687. The molecular formula is C51H31N3OS. The lowest BCUT2D eigenvalue weighted by atomic mass is 9.92. The molecule has 11 rings (SSSR count). The lowest BCUT2D eigenvalue weighted by Crippen LogP contribution is -1.96. The van der Waals surface area contributed by atoms with Crippen molar-refractivity contribution in [3.63, 3.8) is 0 Å². The summed E-state index contributed by atoms with van der Waals surface area (Å²) in [7, 11) is 0. The highest BCUT2D eigenvalue weighted by molar-refractivity contribution is 7.25. The zero-order valence-electron chi connectivity index (χ0n) is 30.1. The van der Waals surface area contributed by atoms with Gasteiger partial charge in [0.25, 0.3) is 0 Å². The second-order valence-corrected chi connectivity index (χ2v) is 15.0. The Morgan fingerprint density at radius 1 is 0.411 bits per heavy atom. The summed E-state index contributed by atoms with van der Waals surface area (Å²) >= 11 is 1.85. The van der Waals surface area contributed by atoms with Crippen molar-refractivity contribution in [2.24, 2.45) is 0 Å². The van der Waals surface area contributed by atoms with Crippen molar-refractivity contribution in [2.75, 3.05) is 0 Å². The molecule has 4 aromatic heterocycles. The number of benzene rings is 7. The third kappa shape index (κ3) is 5.48. The van der Waals surface area contributed by atoms with Crippen LogP contribution in [0.4, 0.5) is 0 Å². The van der Waals surface area contributed by atoms with E-state index in [1.165, 1.54) is 31.3 Å². The summed E-state index contributed by atoms with van der Waals surface area (Å²) in [6.45, 7) is 0. The highest BCUT2D eigenvalue weighted by atomic mass is 32.1. The minimum absolute atomic E-state index is 0.687. The molecule has 5 heteroatoms. The van der Waals surface area contributed by atoms with Crippen molar-refractivity contribution in [3.05, 3.63) is 188 Å². The van der Waals surface area contributed by atoms with Gasteiger partial charge in [-0.25, -0.2) is 9.97 Å². The first kappa shape index (κ1) is 32.2. The lowest BCUT2D eigenvalue weighted by molar-refractivity contribution is 0.670. The Morgan fingerprint density at radius 3 is 1.80 bits per heavy atom. The first-order chi connectivity index (χ1) is 27.7. The van der Waals surface area contributed by atoms with Gasteiger partial charge >= 0.3 is 0 Å². The molecule has 4 heterocycles. The first-order valence-electron chi connectivity index (χ1n) is 18.7. The third-order valence-electron chi connectivity index (χ3n) is 10.6. The Balaban J connectivity index is 1.02. The summed E-state index contributed by atoms with van der Waals surface area (Å²) in [4.78, 5) is 14.4. The average Bonchev–Trinajstić information content (AvgIpc) is 3.86. The highest BCUT2D eigenvalue weighted by Gasteiger charge is 2.20. The topological polar surface area (TPSA) is 51.8 Å². The molecule has 0 N–H and O–H groups in total. The molecule has 11 aromatic rings. The van der Waals surface area contributed by atoms with Gasteiger partial charge in [-0.15, -0.1) is 11.3 Å². The number of aromatic nitrogens is 3. The number of fused-ring (bicyclic) bond motifs is 6. The Labute approximate surface area is 327 Å². The maximum atomic E-state index is 6.74. The van der Waals surface area contributed by atoms with Crippen LogP contribution in [0.5, 0.6) is 0 Å². The van der Waals surface area contributed by atoms with Crippen LogP contribution < -0.4 is 0 Å². The second kappa shape index (κ2) is 13.3. The van der Waals surface area contributed by atoms with Crippen LogP contribution in [0.1, 0.15) is 0 Å². The van der Waals surface area contributed by atoms with Crippen molar-refractivity contribution in [1.29, 1.82) is 0 Å². The van der Waals surface area contributed by atoms with E-state index in [-0.39, 0.29) is 0 Å². The number of para-hydroxylation sites is 1. The summed E-state index contributed by atoms with van der Waals surface area (Å²) in [5.41, 5.74) is 13.2. The fourth-order valence-corrected chi connectivity index (χ4v) is 9.06. The Morgan fingerprint density at radius 2 is 1.04 bits per heavy atom. The van der Waals surface area contributed by atoms with Gasteiger partial charge in [-0.3, -0.25) is 4.98 Å². The van der Waals surface area contributed by atoms with E-state index in [4.69, 9.17) is 14.4 Å². The molecule has 0 fully saturated rings. The number of thiophene rings is 1. The van der Waals surface area contributed by atoms with Crippen LogP contribution in [-0.4, -0.2) is 15.0 Å². The molecule has 0 aliphatic heterocycles. The van der Waals surface area contributed by atoms with E-state index in [9.17, 15) is 0 Å². The molecule has 262 valence electrons. The summed E-state index contributed by atoms with van der Waals surface area (Å²) in [5, 5.41) is 4.82. The van der Waals surface area contributed by atoms with Crippen LogP contribution in [0, 0.1) is 0 Å². The van der Waals surface area contributed by atoms with Crippen molar-refractivity contribution in [2.45, 2.75) is 0 Å². The number of rotatable bonds is 6. The van der Waals surface area contributed by atoms with Crippen LogP contribution in [-0.2, 0) is 0 Å². The number of hydrogen-bond donors (Lipinski definition) is 0. The normalized spacial score (nSPS) is 11.6. The maximum absolute atomic E-state index is 6.74. The van der Waals surface area contributed by atoms with Gasteiger partial charge in [-0.05, 0) is 64.2 Å². The molecule has 0 amide bonds. The standard InChI is InChI=1S/C51H31N3OS/c1-2-10-36(11-3-1)51-53-43(34-23-19-32(20-24-34)37-12-9-29-52-31-37)30-44(54-51)35-25-21-33(22-26-35)38-27-28-40(49-41-13-4-6-16-45(41)55-50(38)49)39-15-8-18-47-48(39)42-14-5-7-17-46(42)56-47/h1-31H. The molecule has 0 radical (unpaired) electrons. The van der Waals surface area contributed by atoms with Gasteiger partial charge in [0.05, 0.1) is 11.4 Å². The SMILES string of the molecule is c1ccc(-c2nc(-c3ccc(-c4cccnc4)cc3)cc(-c3ccc(-c4ccc(-c5cccc6sc7ccccc7c56)c5c4oc4ccccc45)cc3)n2)cc1. The van der Waals surface area contributed by atoms with Gasteiger partial charge in [-0.1, -0.05) is 140 Å². The Kier molecular flexibility index (Phi) is 7.64. The fourth-order valence-electron chi connectivity index (χ4n) is 7.93. The largest absolute Gasteiger partial charge is 0.455 e. The summed E-state index contributed by atoms with van der Waals surface area (Å²) in [6.07, 6.45) is 3.68. The maximum Gasteiger partial charge on any atom is 0.160 e. The molecule has 0 unspecified atom stereocenters. The Bertz CT molecular complexity index is 3220. The monoisotopic (exact) mass is 733 g/mol. The van der Waals surface area contributed by atoms with Gasteiger partial charge in [0.2, 0.25) is 0 Å². The van der Waals surface area contributed by atoms with Gasteiger partial charge in [0.15, 0.2) is 5.82 Å². The number of nitrogens with zero attached hydrogens (tertiary/aromatic N) is 3. The smallest absolute Gasteiger partial charge is 0.160 e. The predicted octanol–water partition coefficient (Wildman–Crippen LogP) is 14.1. The molecule has 4 nitrogen and oxygen atoms in total. The van der Waals surface area contributed by atoms with Gasteiger partial charge in [0.1, 0.15) is 11.2 Å². The van der Waals surface area contributed by atoms with Gasteiger partial charge in [0, 0.05) is 65.6 Å². The molecule has 7 aromatic carbocycles. The van der Waals surface area contributed by atoms with E-state index in [0.717, 1.165) is 72.3 Å². The van der Waals surface area contributed by atoms with Crippen LogP contribution in [0.15, 0.2) is 193 Å². The van der Waals surface area contributed by atoms with Gasteiger partial charge < -0.3 is 4.42 Å². The molecule has 0 saturated heterocycles. The molecule has 0 atom stereocenters. The van der Waals surface area contributed by atoms with E-state index in [2.05, 4.69) is 151 Å². The minimum atomic E-state index is 0.687. The number of furan rings is 1. The van der Waals surface area contributed by atoms with E-state index < -0.39 is 0 Å². The van der Waals surface area contributed by atoms with E-state index in [1.54, 1.807) is 6.20 Å². The van der Waals surface area contributed by atoms with E-state index in [0.29, 0.717) is 5.82 Å². The second-order valence-electron chi connectivity index (χ2n) is 14.0. The van der Waals surface area contributed by atoms with E-state index >= 15 is 0 Å². The van der Waals surface area contributed by atoms with Crippen molar-refractivity contribution in [1.82, 2.24) is 15.0 Å².